The molecule has 0 aromatic carbocycles. The Bertz CT molecular complexity index is 257. The first-order valence-electron chi connectivity index (χ1n) is 6.31. The smallest absolute Gasteiger partial charge is 0.189 e. The normalized spacial score (nSPS) is 34.3. The molecule has 0 heterocycles. The van der Waals surface area contributed by atoms with Gasteiger partial charge in [0.2, 0.25) is 0 Å². The van der Waals surface area contributed by atoms with Crippen LogP contribution in [0, 0.1) is 17.8 Å². The predicted molar refractivity (Wildman–Crippen MR) is 67.4 cm³/mol. The molecule has 0 aromatic heterocycles. The van der Waals surface area contributed by atoms with Crippen molar-refractivity contribution in [2.24, 2.45) is 17.8 Å². The van der Waals surface area contributed by atoms with Gasteiger partial charge in [-0.15, -0.1) is 0 Å². The van der Waals surface area contributed by atoms with E-state index < -0.39 is 8.32 Å². The third-order valence-electron chi connectivity index (χ3n) is 4.48. The van der Waals surface area contributed by atoms with Crippen LogP contribution < -0.4 is 0 Å². The SMILES string of the molecule is CC(C)[Si](C)(C)OCC1CC2C=CC1C2. The minimum Gasteiger partial charge on any atom is -0.417 e. The van der Waals surface area contributed by atoms with Crippen molar-refractivity contribution < 1.29 is 4.43 Å². The quantitative estimate of drug-likeness (QED) is 0.521. The van der Waals surface area contributed by atoms with E-state index in [0.29, 0.717) is 0 Å². The fourth-order valence-corrected chi connectivity index (χ4v) is 3.55. The topological polar surface area (TPSA) is 9.23 Å². The van der Waals surface area contributed by atoms with E-state index in [4.69, 9.17) is 4.43 Å². The third kappa shape index (κ3) is 2.36. The molecule has 0 aromatic rings. The van der Waals surface area contributed by atoms with Crippen LogP contribution in [-0.2, 0) is 4.43 Å². The Balaban J connectivity index is 1.82. The van der Waals surface area contributed by atoms with Gasteiger partial charge in [-0.25, -0.2) is 0 Å². The molecule has 1 saturated carbocycles. The number of rotatable bonds is 4. The van der Waals surface area contributed by atoms with Crippen LogP contribution in [-0.4, -0.2) is 14.9 Å². The maximum atomic E-state index is 6.23. The van der Waals surface area contributed by atoms with Gasteiger partial charge in [0.15, 0.2) is 8.32 Å². The van der Waals surface area contributed by atoms with E-state index in [1.54, 1.807) is 0 Å². The molecule has 0 N–H and O–H groups in total. The third-order valence-corrected chi connectivity index (χ3v) is 8.17. The van der Waals surface area contributed by atoms with E-state index >= 15 is 0 Å². The Morgan fingerprint density at radius 1 is 1.27 bits per heavy atom. The Morgan fingerprint density at radius 2 is 2.00 bits per heavy atom. The summed E-state index contributed by atoms with van der Waals surface area (Å²) >= 11 is 0. The van der Waals surface area contributed by atoms with Crippen molar-refractivity contribution >= 4 is 8.32 Å². The molecule has 0 aliphatic heterocycles. The zero-order valence-corrected chi connectivity index (χ0v) is 11.5. The highest BCUT2D eigenvalue weighted by Gasteiger charge is 2.37. The molecule has 2 bridgehead atoms. The van der Waals surface area contributed by atoms with E-state index in [1.807, 2.05) is 0 Å². The first-order chi connectivity index (χ1) is 6.99. The molecule has 15 heavy (non-hydrogen) atoms. The molecule has 2 aliphatic carbocycles. The summed E-state index contributed by atoms with van der Waals surface area (Å²) < 4.78 is 6.23. The molecular weight excluding hydrogens is 200 g/mol. The van der Waals surface area contributed by atoms with Crippen LogP contribution in [0.5, 0.6) is 0 Å². The minimum atomic E-state index is -1.40. The zero-order valence-electron chi connectivity index (χ0n) is 10.5. The molecule has 0 spiro atoms. The van der Waals surface area contributed by atoms with Crippen molar-refractivity contribution in [1.82, 2.24) is 0 Å². The first-order valence-corrected chi connectivity index (χ1v) is 9.30. The van der Waals surface area contributed by atoms with Gasteiger partial charge in [-0.3, -0.25) is 0 Å². The largest absolute Gasteiger partial charge is 0.417 e. The van der Waals surface area contributed by atoms with E-state index in [9.17, 15) is 0 Å². The van der Waals surface area contributed by atoms with E-state index in [2.05, 4.69) is 39.1 Å². The average Bonchev–Trinajstić information content (AvgIpc) is 2.75. The second-order valence-corrected chi connectivity index (χ2v) is 10.8. The molecule has 2 heteroatoms. The van der Waals surface area contributed by atoms with Crippen molar-refractivity contribution in [3.05, 3.63) is 12.2 Å². The number of hydrogen-bond donors (Lipinski definition) is 0. The summed E-state index contributed by atoms with van der Waals surface area (Å²) in [6.07, 6.45) is 7.61. The molecule has 2 aliphatic rings. The maximum Gasteiger partial charge on any atom is 0.189 e. The number of allylic oxidation sites excluding steroid dienone is 2. The fraction of sp³-hybridized carbons (Fsp3) is 0.846. The van der Waals surface area contributed by atoms with Crippen LogP contribution in [0.1, 0.15) is 26.7 Å². The molecule has 3 unspecified atom stereocenters. The summed E-state index contributed by atoms with van der Waals surface area (Å²) in [5.41, 5.74) is 0.728. The molecule has 3 atom stereocenters. The Labute approximate surface area is 95.0 Å². The van der Waals surface area contributed by atoms with Gasteiger partial charge in [0, 0.05) is 6.61 Å². The van der Waals surface area contributed by atoms with Gasteiger partial charge in [-0.2, -0.15) is 0 Å². The average molecular weight is 224 g/mol. The van der Waals surface area contributed by atoms with Crippen molar-refractivity contribution in [2.75, 3.05) is 6.61 Å². The standard InChI is InChI=1S/C13H24OSi/c1-10(2)15(3,4)14-9-13-8-11-5-6-12(13)7-11/h5-6,10-13H,7-9H2,1-4H3. The maximum absolute atomic E-state index is 6.23. The van der Waals surface area contributed by atoms with Crippen LogP contribution in [0.25, 0.3) is 0 Å². The lowest BCUT2D eigenvalue weighted by Gasteiger charge is -2.30. The Kier molecular flexibility index (Phi) is 3.09. The second-order valence-electron chi connectivity index (χ2n) is 6.11. The molecule has 1 fully saturated rings. The van der Waals surface area contributed by atoms with Crippen LogP contribution in [0.2, 0.25) is 18.6 Å². The molecular formula is C13H24OSi. The monoisotopic (exact) mass is 224 g/mol. The van der Waals surface area contributed by atoms with Crippen LogP contribution in [0.4, 0.5) is 0 Å². The van der Waals surface area contributed by atoms with E-state index in [-0.39, 0.29) is 0 Å². The molecule has 0 amide bonds. The van der Waals surface area contributed by atoms with Gasteiger partial charge in [-0.05, 0) is 49.2 Å². The lowest BCUT2D eigenvalue weighted by Crippen LogP contribution is -2.36. The lowest BCUT2D eigenvalue weighted by atomic mass is 9.95. The Hall–Kier alpha value is -0.0831. The summed E-state index contributed by atoms with van der Waals surface area (Å²) in [5.74, 6) is 2.55. The molecule has 2 rings (SSSR count). The highest BCUT2D eigenvalue weighted by molar-refractivity contribution is 6.72. The number of fused-ring (bicyclic) bond motifs is 2. The Morgan fingerprint density at radius 3 is 2.47 bits per heavy atom. The van der Waals surface area contributed by atoms with E-state index in [1.165, 1.54) is 12.8 Å². The van der Waals surface area contributed by atoms with Gasteiger partial charge in [0.25, 0.3) is 0 Å². The van der Waals surface area contributed by atoms with Crippen LogP contribution in [0.15, 0.2) is 12.2 Å². The van der Waals surface area contributed by atoms with Gasteiger partial charge >= 0.3 is 0 Å². The molecule has 0 saturated heterocycles. The van der Waals surface area contributed by atoms with Crippen LogP contribution >= 0.6 is 0 Å². The highest BCUT2D eigenvalue weighted by Crippen LogP contribution is 2.43. The molecule has 1 nitrogen and oxygen atoms in total. The molecule has 0 radical (unpaired) electrons. The van der Waals surface area contributed by atoms with Crippen LogP contribution in [0.3, 0.4) is 0 Å². The summed E-state index contributed by atoms with van der Waals surface area (Å²) in [6.45, 7) is 10.3. The zero-order chi connectivity index (χ0) is 11.1. The summed E-state index contributed by atoms with van der Waals surface area (Å²) in [7, 11) is -1.40. The van der Waals surface area contributed by atoms with E-state index in [0.717, 1.165) is 29.9 Å². The van der Waals surface area contributed by atoms with Crippen molar-refractivity contribution in [3.8, 4) is 0 Å². The second kappa shape index (κ2) is 4.06. The lowest BCUT2D eigenvalue weighted by molar-refractivity contribution is 0.216. The highest BCUT2D eigenvalue weighted by atomic mass is 28.4. The van der Waals surface area contributed by atoms with Gasteiger partial charge in [0.1, 0.15) is 0 Å². The van der Waals surface area contributed by atoms with Gasteiger partial charge < -0.3 is 4.43 Å². The van der Waals surface area contributed by atoms with Gasteiger partial charge in [0.05, 0.1) is 0 Å². The predicted octanol–water partition coefficient (Wildman–Crippen LogP) is 3.83. The number of hydrogen-bond acceptors (Lipinski definition) is 1. The summed E-state index contributed by atoms with van der Waals surface area (Å²) in [6, 6.07) is 0. The van der Waals surface area contributed by atoms with Crippen molar-refractivity contribution in [3.63, 3.8) is 0 Å². The summed E-state index contributed by atoms with van der Waals surface area (Å²) in [4.78, 5) is 0. The summed E-state index contributed by atoms with van der Waals surface area (Å²) in [5, 5.41) is 0. The van der Waals surface area contributed by atoms with Gasteiger partial charge in [-0.1, -0.05) is 26.0 Å². The van der Waals surface area contributed by atoms with Crippen molar-refractivity contribution in [1.29, 1.82) is 0 Å². The minimum absolute atomic E-state index is 0.728. The first kappa shape index (κ1) is 11.4. The molecule has 86 valence electrons. The van der Waals surface area contributed by atoms with Crippen molar-refractivity contribution in [2.45, 2.75) is 45.3 Å². The fourth-order valence-electron chi connectivity index (χ4n) is 2.57.